The van der Waals surface area contributed by atoms with Crippen molar-refractivity contribution in [1.29, 1.82) is 0 Å². The lowest BCUT2D eigenvalue weighted by molar-refractivity contribution is -0.142. The van der Waals surface area contributed by atoms with E-state index in [1.807, 2.05) is 13.8 Å². The molecule has 0 aliphatic heterocycles. The molecule has 14 atom stereocenters. The number of carboxylic acid groups (broad SMARTS) is 4. The van der Waals surface area contributed by atoms with Crippen LogP contribution in [0.15, 0.2) is 115 Å². The molecule has 4 aromatic rings. The molecule has 39 nitrogen and oxygen atoms in total. The van der Waals surface area contributed by atoms with Gasteiger partial charge in [-0.3, -0.25) is 76.7 Å². The molecule has 0 spiro atoms. The fraction of sp³-hybridized carbons (Fsp3) is 0.539. The zero-order chi connectivity index (χ0) is 95.1. The van der Waals surface area contributed by atoms with Gasteiger partial charge in [-0.25, -0.2) is 4.79 Å². The van der Waals surface area contributed by atoms with Crippen molar-refractivity contribution < 1.29 is 107 Å². The van der Waals surface area contributed by atoms with E-state index in [0.29, 0.717) is 41.5 Å². The SMILES string of the molecule is CC(C)C[C@H](NC(=O)[C@@H](NC(=O)[C@H](CCCCN)NC(=O)[C@H](CCC(=O)O)NC(=O)[C@H](Cc1ccc(O)cc1)NC(=O)[C@H](Cc1ccccc1)NC(=O)[C@@H](N)CC(C)C)C(C)C)C(=O)N[C@@H](CCC(=O)O)C(=O)N[C@@H](CCCCN)C(=O)N[C@@H](Cc1ccccc1)C(=O)N[C@@H](CCCCN)C(=O)N[C@@H](CCC(=O)O)C(=O)N[C@@H](C)C(=O)N[C@@H](Cc1ccccc1)C(=O)O. The van der Waals surface area contributed by atoms with Crippen molar-refractivity contribution in [3.63, 3.8) is 0 Å². The number of amides is 13. The minimum absolute atomic E-state index is 0.00490. The third-order valence-electron chi connectivity index (χ3n) is 20.7. The first kappa shape index (κ1) is 108. The Morgan fingerprint density at radius 3 is 0.859 bits per heavy atom. The van der Waals surface area contributed by atoms with Gasteiger partial charge in [0.05, 0.1) is 6.04 Å². The van der Waals surface area contributed by atoms with Crippen molar-refractivity contribution in [1.82, 2.24) is 69.1 Å². The van der Waals surface area contributed by atoms with Crippen molar-refractivity contribution >= 4 is 101 Å². The van der Waals surface area contributed by atoms with Gasteiger partial charge >= 0.3 is 23.9 Å². The number of hydrogen-bond donors (Lipinski definition) is 22. The lowest BCUT2D eigenvalue weighted by atomic mass is 9.98. The van der Waals surface area contributed by atoms with Crippen LogP contribution in [-0.2, 0) is 107 Å². The van der Waals surface area contributed by atoms with Gasteiger partial charge < -0.3 is 118 Å². The van der Waals surface area contributed by atoms with Gasteiger partial charge in [-0.1, -0.05) is 145 Å². The van der Waals surface area contributed by atoms with Crippen LogP contribution in [0.3, 0.4) is 0 Å². The highest BCUT2D eigenvalue weighted by molar-refractivity contribution is 6.01. The fourth-order valence-corrected chi connectivity index (χ4v) is 13.6. The van der Waals surface area contributed by atoms with Crippen LogP contribution in [0.1, 0.15) is 180 Å². The normalized spacial score (nSPS) is 14.5. The molecule has 0 saturated heterocycles. The Labute approximate surface area is 745 Å². The predicted octanol–water partition coefficient (Wildman–Crippen LogP) is 0.127. The Morgan fingerprint density at radius 2 is 0.547 bits per heavy atom. The van der Waals surface area contributed by atoms with Gasteiger partial charge in [0.15, 0.2) is 0 Å². The lowest BCUT2D eigenvalue weighted by Gasteiger charge is -2.30. The molecule has 0 aliphatic carbocycles. The number of carbonyl (C=O) groups excluding carboxylic acids is 13. The van der Waals surface area contributed by atoms with E-state index in [-0.39, 0.29) is 108 Å². The minimum Gasteiger partial charge on any atom is -0.508 e. The Kier molecular flexibility index (Phi) is 48.2. The fourth-order valence-electron chi connectivity index (χ4n) is 13.6. The average Bonchev–Trinajstić information content (AvgIpc) is 0.845. The van der Waals surface area contributed by atoms with E-state index in [9.17, 15) is 107 Å². The number of hydrogen-bond acceptors (Lipinski definition) is 22. The second-order valence-corrected chi connectivity index (χ2v) is 32.9. The summed E-state index contributed by atoms with van der Waals surface area (Å²) in [5.74, 6) is -19.4. The molecule has 0 unspecified atom stereocenters. The van der Waals surface area contributed by atoms with Crippen molar-refractivity contribution in [2.75, 3.05) is 19.6 Å². The summed E-state index contributed by atoms with van der Waals surface area (Å²) in [7, 11) is 0. The number of unbranched alkanes of at least 4 members (excludes halogenated alkanes) is 3. The molecular formula is C89H131N17O22. The minimum atomic E-state index is -1.76. The molecule has 26 N–H and O–H groups in total. The van der Waals surface area contributed by atoms with Crippen LogP contribution in [0.4, 0.5) is 0 Å². The first-order valence-corrected chi connectivity index (χ1v) is 43.3. The highest BCUT2D eigenvalue weighted by atomic mass is 16.4. The number of nitrogens with two attached hydrogens (primary N) is 4. The summed E-state index contributed by atoms with van der Waals surface area (Å²) in [6, 6.07) is 9.77. The van der Waals surface area contributed by atoms with E-state index < -0.39 is 236 Å². The van der Waals surface area contributed by atoms with Crippen LogP contribution in [0.5, 0.6) is 5.75 Å². The molecule has 0 radical (unpaired) electrons. The molecule has 4 rings (SSSR count). The molecule has 39 heteroatoms. The predicted molar refractivity (Wildman–Crippen MR) is 472 cm³/mol. The maximum Gasteiger partial charge on any atom is 0.326 e. The summed E-state index contributed by atoms with van der Waals surface area (Å²) in [6.07, 6.45) is -3.33. The summed E-state index contributed by atoms with van der Waals surface area (Å²) in [6.45, 7) is 11.9. The van der Waals surface area contributed by atoms with Gasteiger partial charge in [-0.2, -0.15) is 0 Å². The lowest BCUT2D eigenvalue weighted by Crippen LogP contribution is -2.61. The van der Waals surface area contributed by atoms with Crippen molar-refractivity contribution in [2.45, 2.75) is 268 Å². The van der Waals surface area contributed by atoms with Crippen LogP contribution in [0.2, 0.25) is 0 Å². The van der Waals surface area contributed by atoms with Gasteiger partial charge in [0.25, 0.3) is 0 Å². The van der Waals surface area contributed by atoms with E-state index in [0.717, 1.165) is 0 Å². The van der Waals surface area contributed by atoms with Gasteiger partial charge in [0.2, 0.25) is 76.8 Å². The Balaban J connectivity index is 1.64. The molecular weight excluding hydrogens is 1660 g/mol. The van der Waals surface area contributed by atoms with Gasteiger partial charge in [0, 0.05) is 44.9 Å². The van der Waals surface area contributed by atoms with Gasteiger partial charge in [0.1, 0.15) is 84.3 Å². The molecule has 0 fully saturated rings. The second-order valence-electron chi connectivity index (χ2n) is 32.9. The van der Waals surface area contributed by atoms with Crippen molar-refractivity contribution in [3.05, 3.63) is 138 Å². The van der Waals surface area contributed by atoms with Crippen LogP contribution in [0, 0.1) is 17.8 Å². The van der Waals surface area contributed by atoms with Gasteiger partial charge in [-0.15, -0.1) is 0 Å². The number of carbonyl (C=O) groups is 17. The monoisotopic (exact) mass is 1790 g/mol. The standard InChI is InChI=1S/C89H131N17O22/c1-51(2)45-60(93)77(115)101-68(47-55-23-11-8-12-24-55)87(125)103-70(49-58-32-34-59(107)35-33-58)86(124)100-66(38-41-74(112)113)82(120)96-63(31-19-22-44-92)83(121)106-75(53(5)6)88(126)104-67(46-52(3)4)84(122)99-65(37-40-73(110)111)81(119)95-62(30-18-21-43-91)80(118)102-69(48-56-25-13-9-14-26-56)85(123)97-61(29-17-20-42-90)79(117)98-64(36-39-72(108)109)78(116)94-54(7)76(114)105-71(89(127)128)50-57-27-15-10-16-28-57/h8-16,23-28,32-35,51-54,60-71,75,107H,17-22,29-31,36-50,90-93H2,1-7H3,(H,94,116)(H,95,119)(H,96,120)(H,97,123)(H,98,117)(H,99,122)(H,100,124)(H,101,115)(H,102,118)(H,103,125)(H,104,126)(H,105,114)(H,106,121)(H,108,109)(H,110,111)(H,112,113)(H,127,128)/t54-,60-,61-,62-,63-,64-,65-,66-,67-,68-,69-,70-,71-,75-/m0/s1. The highest BCUT2D eigenvalue weighted by Gasteiger charge is 2.39. The molecule has 704 valence electrons. The average molecular weight is 1790 g/mol. The third-order valence-corrected chi connectivity index (χ3v) is 20.7. The number of nitrogens with one attached hydrogen (secondary N) is 13. The molecule has 0 aliphatic rings. The quantitative estimate of drug-likeness (QED) is 0.0261. The maximum atomic E-state index is 14.9. The molecule has 0 saturated carbocycles. The largest absolute Gasteiger partial charge is 0.508 e. The van der Waals surface area contributed by atoms with Crippen LogP contribution >= 0.6 is 0 Å². The van der Waals surface area contributed by atoms with E-state index in [4.69, 9.17) is 22.9 Å². The molecule has 0 aromatic heterocycles. The van der Waals surface area contributed by atoms with Crippen LogP contribution in [0.25, 0.3) is 0 Å². The maximum absolute atomic E-state index is 14.9. The first-order chi connectivity index (χ1) is 60.7. The van der Waals surface area contributed by atoms with E-state index in [1.165, 1.54) is 31.2 Å². The molecule has 0 bridgehead atoms. The molecule has 13 amide bonds. The third kappa shape index (κ3) is 40.9. The number of benzene rings is 4. The molecule has 128 heavy (non-hydrogen) atoms. The van der Waals surface area contributed by atoms with Crippen LogP contribution < -0.4 is 92.1 Å². The van der Waals surface area contributed by atoms with Crippen molar-refractivity contribution in [3.8, 4) is 5.75 Å². The van der Waals surface area contributed by atoms with E-state index in [1.54, 1.807) is 119 Å². The second kappa shape index (κ2) is 57.3. The van der Waals surface area contributed by atoms with Crippen LogP contribution in [-0.4, -0.2) is 230 Å². The molecule has 4 aromatic carbocycles. The number of carboxylic acids is 4. The van der Waals surface area contributed by atoms with E-state index in [2.05, 4.69) is 69.1 Å². The Morgan fingerprint density at radius 1 is 0.281 bits per heavy atom. The number of aromatic hydroxyl groups is 1. The number of phenolic OH excluding ortho intramolecular Hbond substituents is 1. The number of rotatable bonds is 61. The zero-order valence-corrected chi connectivity index (χ0v) is 73.7. The molecule has 0 heterocycles. The van der Waals surface area contributed by atoms with Crippen molar-refractivity contribution in [2.24, 2.45) is 40.7 Å². The highest BCUT2D eigenvalue weighted by Crippen LogP contribution is 2.19. The van der Waals surface area contributed by atoms with E-state index >= 15 is 0 Å². The Hall–Kier alpha value is -12.5. The first-order valence-electron chi connectivity index (χ1n) is 43.3. The zero-order valence-electron chi connectivity index (χ0n) is 73.7. The Bertz CT molecular complexity index is 4280. The van der Waals surface area contributed by atoms with Gasteiger partial charge in [-0.05, 0) is 169 Å². The summed E-state index contributed by atoms with van der Waals surface area (Å²) < 4.78 is 0. The topological polar surface area (TPSA) is 652 Å². The smallest absolute Gasteiger partial charge is 0.326 e. The summed E-state index contributed by atoms with van der Waals surface area (Å²) >= 11 is 0. The summed E-state index contributed by atoms with van der Waals surface area (Å²) in [5, 5.41) is 83.3. The number of phenols is 1. The summed E-state index contributed by atoms with van der Waals surface area (Å²) in [5.41, 5.74) is 25.9. The summed E-state index contributed by atoms with van der Waals surface area (Å²) in [4.78, 5) is 237. The number of aliphatic carboxylic acids is 4.